The molecule has 1 aliphatic heterocycles. The average molecular weight is 404 g/mol. The zero-order valence-corrected chi connectivity index (χ0v) is 17.9. The Labute approximate surface area is 173 Å². The second-order valence-corrected chi connectivity index (χ2v) is 8.50. The second-order valence-electron chi connectivity index (χ2n) is 8.06. The number of nitrogens with one attached hydrogen (secondary N) is 1. The molecule has 0 saturated carbocycles. The molecule has 0 aromatic heterocycles. The highest BCUT2D eigenvalue weighted by molar-refractivity contribution is 6.30. The smallest absolute Gasteiger partial charge is 0.137 e. The summed E-state index contributed by atoms with van der Waals surface area (Å²) in [6, 6.07) is 14.2. The molecule has 2 aromatic carbocycles. The molecular weight excluding hydrogens is 372 g/mol. The van der Waals surface area contributed by atoms with Gasteiger partial charge in [-0.3, -0.25) is 0 Å². The second kappa shape index (κ2) is 9.64. The summed E-state index contributed by atoms with van der Waals surface area (Å²) >= 11 is 6.10. The Morgan fingerprint density at radius 1 is 1.14 bits per heavy atom. The van der Waals surface area contributed by atoms with E-state index in [0.29, 0.717) is 19.1 Å². The summed E-state index contributed by atoms with van der Waals surface area (Å²) in [6.45, 7) is 11.5. The van der Waals surface area contributed by atoms with Crippen molar-refractivity contribution in [1.29, 1.82) is 0 Å². The van der Waals surface area contributed by atoms with Gasteiger partial charge in [-0.1, -0.05) is 37.6 Å². The van der Waals surface area contributed by atoms with Crippen molar-refractivity contribution < 1.29 is 14.7 Å². The number of hydrogen-bond acceptors (Lipinski definition) is 3. The van der Waals surface area contributed by atoms with Gasteiger partial charge in [0.1, 0.15) is 25.0 Å². The maximum Gasteiger partial charge on any atom is 0.137 e. The van der Waals surface area contributed by atoms with Gasteiger partial charge in [0, 0.05) is 10.7 Å². The highest BCUT2D eigenvalue weighted by Gasteiger charge is 2.23. The van der Waals surface area contributed by atoms with Gasteiger partial charge in [-0.15, -0.1) is 0 Å². The quantitative estimate of drug-likeness (QED) is 0.746. The molecule has 2 aromatic rings. The zero-order valence-electron chi connectivity index (χ0n) is 17.1. The molecule has 1 atom stereocenters. The summed E-state index contributed by atoms with van der Waals surface area (Å²) in [7, 11) is 0. The molecule has 2 N–H and O–H groups in total. The predicted molar refractivity (Wildman–Crippen MR) is 116 cm³/mol. The van der Waals surface area contributed by atoms with Crippen LogP contribution in [0.2, 0.25) is 5.02 Å². The Balaban J connectivity index is 1.43. The molecule has 1 fully saturated rings. The van der Waals surface area contributed by atoms with Gasteiger partial charge >= 0.3 is 0 Å². The van der Waals surface area contributed by atoms with Crippen LogP contribution in [0.5, 0.6) is 5.75 Å². The van der Waals surface area contributed by atoms with Crippen LogP contribution in [0.4, 0.5) is 5.69 Å². The number of rotatable bonds is 7. The molecule has 0 spiro atoms. The number of benzene rings is 2. The van der Waals surface area contributed by atoms with Crippen molar-refractivity contribution in [2.24, 2.45) is 0 Å². The molecule has 3 rings (SSSR count). The third-order valence-corrected chi connectivity index (χ3v) is 5.71. The minimum Gasteiger partial charge on any atom is -0.491 e. The lowest BCUT2D eigenvalue weighted by atomic mass is 9.98. The molecule has 152 valence electrons. The standard InChI is InChI=1S/C23H31ClN2O2/c1-17(2)23-8-7-22(13-18(23)3)28-16-21(27)15-25-9-11-26(12-10-25)20-6-4-5-19(24)14-20/h4-8,13-14,17,21,27H,9-12,15-16H2,1-3H3/p+1/t21-/m0/s1. The molecule has 0 amide bonds. The van der Waals surface area contributed by atoms with Crippen molar-refractivity contribution in [3.63, 3.8) is 0 Å². The first-order valence-corrected chi connectivity index (χ1v) is 10.6. The number of nitrogens with zero attached hydrogens (tertiary/aromatic N) is 1. The van der Waals surface area contributed by atoms with Gasteiger partial charge in [0.25, 0.3) is 0 Å². The van der Waals surface area contributed by atoms with Crippen LogP contribution in [-0.4, -0.2) is 50.5 Å². The van der Waals surface area contributed by atoms with Crippen molar-refractivity contribution in [3.05, 3.63) is 58.6 Å². The molecular formula is C23H32ClN2O2+. The third kappa shape index (κ3) is 5.63. The van der Waals surface area contributed by atoms with Gasteiger partial charge in [-0.05, 0) is 54.3 Å². The number of aryl methyl sites for hydroxylation is 1. The SMILES string of the molecule is Cc1cc(OC[C@@H](O)C[NH+]2CCN(c3cccc(Cl)c3)CC2)ccc1C(C)C. The van der Waals surface area contributed by atoms with Crippen molar-refractivity contribution in [2.45, 2.75) is 32.8 Å². The molecule has 28 heavy (non-hydrogen) atoms. The Kier molecular flexibility index (Phi) is 7.22. The van der Waals surface area contributed by atoms with E-state index in [4.69, 9.17) is 16.3 Å². The van der Waals surface area contributed by atoms with Crippen LogP contribution in [0.25, 0.3) is 0 Å². The highest BCUT2D eigenvalue weighted by atomic mass is 35.5. The fourth-order valence-corrected chi connectivity index (χ4v) is 4.11. The number of hydrogen-bond donors (Lipinski definition) is 2. The van der Waals surface area contributed by atoms with Gasteiger partial charge in [-0.2, -0.15) is 0 Å². The lowest BCUT2D eigenvalue weighted by molar-refractivity contribution is -0.903. The van der Waals surface area contributed by atoms with E-state index < -0.39 is 6.10 Å². The van der Waals surface area contributed by atoms with Gasteiger partial charge in [0.2, 0.25) is 0 Å². The Bertz CT molecular complexity index is 773. The first-order chi connectivity index (χ1) is 13.4. The molecule has 4 nitrogen and oxygen atoms in total. The van der Waals surface area contributed by atoms with Crippen LogP contribution >= 0.6 is 11.6 Å². The summed E-state index contributed by atoms with van der Waals surface area (Å²) in [5.41, 5.74) is 3.76. The molecule has 1 saturated heterocycles. The molecule has 5 heteroatoms. The number of aliphatic hydroxyl groups is 1. The van der Waals surface area contributed by atoms with E-state index in [0.717, 1.165) is 37.0 Å². The summed E-state index contributed by atoms with van der Waals surface area (Å²) < 4.78 is 5.84. The van der Waals surface area contributed by atoms with Crippen LogP contribution in [0.15, 0.2) is 42.5 Å². The molecule has 0 bridgehead atoms. The van der Waals surface area contributed by atoms with E-state index >= 15 is 0 Å². The fourth-order valence-electron chi connectivity index (χ4n) is 3.93. The summed E-state index contributed by atoms with van der Waals surface area (Å²) in [5, 5.41) is 11.2. The molecule has 0 aliphatic carbocycles. The monoisotopic (exact) mass is 403 g/mol. The summed E-state index contributed by atoms with van der Waals surface area (Å²) in [5.74, 6) is 1.34. The molecule has 1 heterocycles. The first-order valence-electron chi connectivity index (χ1n) is 10.2. The summed E-state index contributed by atoms with van der Waals surface area (Å²) in [6.07, 6.45) is -0.460. The van der Waals surface area contributed by atoms with E-state index in [1.165, 1.54) is 21.7 Å². The average Bonchev–Trinajstić information content (AvgIpc) is 2.67. The molecule has 1 aliphatic rings. The highest BCUT2D eigenvalue weighted by Crippen LogP contribution is 2.23. The number of piperazine rings is 1. The topological polar surface area (TPSA) is 37.1 Å². The normalized spacial score (nSPS) is 16.4. The minimum atomic E-state index is -0.460. The fraction of sp³-hybridized carbons (Fsp3) is 0.478. The van der Waals surface area contributed by atoms with Gasteiger partial charge in [-0.25, -0.2) is 0 Å². The maximum atomic E-state index is 10.4. The Hall–Kier alpha value is -1.75. The number of halogens is 1. The van der Waals surface area contributed by atoms with E-state index in [-0.39, 0.29) is 0 Å². The number of aliphatic hydroxyl groups excluding tert-OH is 1. The van der Waals surface area contributed by atoms with Gasteiger partial charge < -0.3 is 19.6 Å². The number of anilines is 1. The van der Waals surface area contributed by atoms with Crippen LogP contribution in [0, 0.1) is 6.92 Å². The third-order valence-electron chi connectivity index (χ3n) is 5.47. The van der Waals surface area contributed by atoms with E-state index in [9.17, 15) is 5.11 Å². The van der Waals surface area contributed by atoms with Gasteiger partial charge in [0.15, 0.2) is 0 Å². The predicted octanol–water partition coefficient (Wildman–Crippen LogP) is 2.92. The van der Waals surface area contributed by atoms with E-state index in [1.54, 1.807) is 0 Å². The van der Waals surface area contributed by atoms with E-state index in [2.05, 4.69) is 43.9 Å². The number of quaternary nitrogens is 1. The van der Waals surface area contributed by atoms with Gasteiger partial charge in [0.05, 0.1) is 26.2 Å². The lowest BCUT2D eigenvalue weighted by Gasteiger charge is -2.34. The van der Waals surface area contributed by atoms with Crippen LogP contribution < -0.4 is 14.5 Å². The number of ether oxygens (including phenoxy) is 1. The maximum absolute atomic E-state index is 10.4. The van der Waals surface area contributed by atoms with Crippen LogP contribution in [0.3, 0.4) is 0 Å². The minimum absolute atomic E-state index is 0.335. The molecule has 0 unspecified atom stereocenters. The van der Waals surface area contributed by atoms with Crippen molar-refractivity contribution >= 4 is 17.3 Å². The van der Waals surface area contributed by atoms with Crippen molar-refractivity contribution in [1.82, 2.24) is 0 Å². The molecule has 0 radical (unpaired) electrons. The summed E-state index contributed by atoms with van der Waals surface area (Å²) in [4.78, 5) is 3.78. The van der Waals surface area contributed by atoms with Crippen LogP contribution in [-0.2, 0) is 0 Å². The lowest BCUT2D eigenvalue weighted by Crippen LogP contribution is -3.16. The van der Waals surface area contributed by atoms with E-state index in [1.807, 2.05) is 24.3 Å². The Morgan fingerprint density at radius 2 is 1.89 bits per heavy atom. The van der Waals surface area contributed by atoms with Crippen LogP contribution in [0.1, 0.15) is 30.9 Å². The van der Waals surface area contributed by atoms with Crippen molar-refractivity contribution in [2.75, 3.05) is 44.2 Å². The Morgan fingerprint density at radius 3 is 2.54 bits per heavy atom. The first kappa shape index (κ1) is 21.0. The largest absolute Gasteiger partial charge is 0.491 e. The zero-order chi connectivity index (χ0) is 20.1. The van der Waals surface area contributed by atoms with Crippen molar-refractivity contribution in [3.8, 4) is 5.75 Å².